The maximum atomic E-state index is 13.7. The Bertz CT molecular complexity index is 595. The second-order valence-corrected chi connectivity index (χ2v) is 4.34. The van der Waals surface area contributed by atoms with Gasteiger partial charge in [0.1, 0.15) is 23.1 Å². The summed E-state index contributed by atoms with van der Waals surface area (Å²) in [5.41, 5.74) is 0.786. The maximum Gasteiger partial charge on any atom is 0.136 e. The minimum absolute atomic E-state index is 0.0613. The van der Waals surface area contributed by atoms with Crippen LogP contribution < -0.4 is 4.74 Å². The number of rotatable bonds is 3. The average Bonchev–Trinajstić information content (AvgIpc) is 2.33. The van der Waals surface area contributed by atoms with Crippen LogP contribution in [0, 0.1) is 18.6 Å². The molecule has 0 bridgehead atoms. The lowest BCUT2D eigenvalue weighted by Gasteiger charge is -2.15. The predicted molar refractivity (Wildman–Crippen MR) is 68.2 cm³/mol. The monoisotopic (exact) mass is 264 g/mol. The molecule has 0 aliphatic rings. The summed E-state index contributed by atoms with van der Waals surface area (Å²) in [6.45, 7) is 3.21. The molecule has 2 aromatic carbocycles. The van der Waals surface area contributed by atoms with Crippen LogP contribution in [0.25, 0.3) is 0 Å². The Balaban J connectivity index is 2.44. The van der Waals surface area contributed by atoms with E-state index in [1.807, 2.05) is 0 Å². The van der Waals surface area contributed by atoms with Gasteiger partial charge < -0.3 is 9.84 Å². The summed E-state index contributed by atoms with van der Waals surface area (Å²) in [6, 6.07) is 8.38. The van der Waals surface area contributed by atoms with Crippen molar-refractivity contribution in [3.8, 4) is 11.5 Å². The summed E-state index contributed by atoms with van der Waals surface area (Å²) < 4.78 is 32.4. The standard InChI is InChI=1S/C15H14F2O2/c1-9-6-7-11(16)8-14(9)19-13-5-3-4-12(17)15(13)10(2)18/h3-8,10,18H,1-2H3. The van der Waals surface area contributed by atoms with Gasteiger partial charge >= 0.3 is 0 Å². The molecule has 0 aliphatic heterocycles. The molecule has 0 spiro atoms. The summed E-state index contributed by atoms with van der Waals surface area (Å²) in [5, 5.41) is 9.59. The van der Waals surface area contributed by atoms with E-state index in [4.69, 9.17) is 4.74 Å². The molecule has 19 heavy (non-hydrogen) atoms. The molecule has 0 saturated carbocycles. The molecule has 0 heterocycles. The van der Waals surface area contributed by atoms with Crippen LogP contribution in [0.5, 0.6) is 11.5 Å². The van der Waals surface area contributed by atoms with Gasteiger partial charge in [0, 0.05) is 6.07 Å². The lowest BCUT2D eigenvalue weighted by atomic mass is 10.1. The highest BCUT2D eigenvalue weighted by molar-refractivity contribution is 5.42. The molecule has 0 aromatic heterocycles. The number of benzene rings is 2. The van der Waals surface area contributed by atoms with Gasteiger partial charge in [0.25, 0.3) is 0 Å². The Morgan fingerprint density at radius 3 is 2.53 bits per heavy atom. The zero-order valence-corrected chi connectivity index (χ0v) is 10.7. The number of aryl methyl sites for hydroxylation is 1. The number of aliphatic hydroxyl groups is 1. The molecule has 0 fully saturated rings. The average molecular weight is 264 g/mol. The van der Waals surface area contributed by atoms with Crippen LogP contribution in [0.4, 0.5) is 8.78 Å². The van der Waals surface area contributed by atoms with Gasteiger partial charge in [-0.15, -0.1) is 0 Å². The van der Waals surface area contributed by atoms with E-state index < -0.39 is 17.7 Å². The third-order valence-electron chi connectivity index (χ3n) is 2.80. The van der Waals surface area contributed by atoms with Crippen molar-refractivity contribution < 1.29 is 18.6 Å². The van der Waals surface area contributed by atoms with Gasteiger partial charge in [-0.25, -0.2) is 8.78 Å². The van der Waals surface area contributed by atoms with E-state index in [-0.39, 0.29) is 11.3 Å². The highest BCUT2D eigenvalue weighted by Crippen LogP contribution is 2.33. The van der Waals surface area contributed by atoms with Crippen LogP contribution in [0.2, 0.25) is 0 Å². The Kier molecular flexibility index (Phi) is 3.81. The van der Waals surface area contributed by atoms with Crippen molar-refractivity contribution in [2.24, 2.45) is 0 Å². The number of hydrogen-bond donors (Lipinski definition) is 1. The third kappa shape index (κ3) is 2.90. The van der Waals surface area contributed by atoms with Gasteiger partial charge in [0.05, 0.1) is 11.7 Å². The number of hydrogen-bond acceptors (Lipinski definition) is 2. The normalized spacial score (nSPS) is 12.3. The fraction of sp³-hybridized carbons (Fsp3) is 0.200. The largest absolute Gasteiger partial charge is 0.456 e. The summed E-state index contributed by atoms with van der Waals surface area (Å²) in [4.78, 5) is 0. The quantitative estimate of drug-likeness (QED) is 0.903. The Morgan fingerprint density at radius 1 is 1.11 bits per heavy atom. The molecule has 2 aromatic rings. The van der Waals surface area contributed by atoms with Crippen LogP contribution in [-0.2, 0) is 0 Å². The molecule has 1 unspecified atom stereocenters. The molecule has 0 amide bonds. The fourth-order valence-electron chi connectivity index (χ4n) is 1.81. The zero-order valence-electron chi connectivity index (χ0n) is 10.7. The van der Waals surface area contributed by atoms with Gasteiger partial charge in [0.15, 0.2) is 0 Å². The Morgan fingerprint density at radius 2 is 1.84 bits per heavy atom. The van der Waals surface area contributed by atoms with Gasteiger partial charge in [-0.1, -0.05) is 12.1 Å². The SMILES string of the molecule is Cc1ccc(F)cc1Oc1cccc(F)c1C(C)O. The highest BCUT2D eigenvalue weighted by Gasteiger charge is 2.16. The van der Waals surface area contributed by atoms with Gasteiger partial charge in [0.2, 0.25) is 0 Å². The summed E-state index contributed by atoms with van der Waals surface area (Å²) in [6.07, 6.45) is -1.01. The third-order valence-corrected chi connectivity index (χ3v) is 2.80. The van der Waals surface area contributed by atoms with Crippen LogP contribution in [-0.4, -0.2) is 5.11 Å². The maximum absolute atomic E-state index is 13.7. The van der Waals surface area contributed by atoms with Crippen LogP contribution in [0.15, 0.2) is 36.4 Å². The molecule has 2 rings (SSSR count). The smallest absolute Gasteiger partial charge is 0.136 e. The fourth-order valence-corrected chi connectivity index (χ4v) is 1.81. The lowest BCUT2D eigenvalue weighted by Crippen LogP contribution is -2.00. The molecule has 100 valence electrons. The van der Waals surface area contributed by atoms with Crippen molar-refractivity contribution in [3.63, 3.8) is 0 Å². The molecular weight excluding hydrogens is 250 g/mol. The van der Waals surface area contributed by atoms with Gasteiger partial charge in [-0.3, -0.25) is 0 Å². The second-order valence-electron chi connectivity index (χ2n) is 4.34. The first-order chi connectivity index (χ1) is 8.99. The van der Waals surface area contributed by atoms with Crippen LogP contribution in [0.3, 0.4) is 0 Å². The van der Waals surface area contributed by atoms with E-state index in [1.54, 1.807) is 13.0 Å². The molecule has 1 atom stereocenters. The van der Waals surface area contributed by atoms with Gasteiger partial charge in [-0.05, 0) is 37.6 Å². The number of ether oxygens (including phenoxy) is 1. The molecule has 2 nitrogen and oxygen atoms in total. The molecule has 0 radical (unpaired) electrons. The van der Waals surface area contributed by atoms with Crippen molar-refractivity contribution in [3.05, 3.63) is 59.2 Å². The topological polar surface area (TPSA) is 29.5 Å². The summed E-state index contributed by atoms with van der Waals surface area (Å²) in [7, 11) is 0. The van der Waals surface area contributed by atoms with Crippen molar-refractivity contribution in [2.45, 2.75) is 20.0 Å². The Labute approximate surface area is 110 Å². The van der Waals surface area contributed by atoms with E-state index in [0.29, 0.717) is 5.75 Å². The van der Waals surface area contributed by atoms with Gasteiger partial charge in [-0.2, -0.15) is 0 Å². The predicted octanol–water partition coefficient (Wildman–Crippen LogP) is 4.12. The van der Waals surface area contributed by atoms with Crippen molar-refractivity contribution in [1.29, 1.82) is 0 Å². The van der Waals surface area contributed by atoms with Crippen LogP contribution in [0.1, 0.15) is 24.2 Å². The summed E-state index contributed by atoms with van der Waals surface area (Å²) in [5.74, 6) is -0.506. The van der Waals surface area contributed by atoms with E-state index in [0.717, 1.165) is 5.56 Å². The minimum Gasteiger partial charge on any atom is -0.456 e. The molecule has 0 saturated heterocycles. The molecule has 1 N–H and O–H groups in total. The minimum atomic E-state index is -1.01. The molecule has 0 aliphatic carbocycles. The molecular formula is C15H14F2O2. The van der Waals surface area contributed by atoms with Crippen molar-refractivity contribution in [1.82, 2.24) is 0 Å². The lowest BCUT2D eigenvalue weighted by molar-refractivity contribution is 0.190. The van der Waals surface area contributed by atoms with E-state index in [1.165, 1.54) is 37.3 Å². The molecule has 4 heteroatoms. The first-order valence-electron chi connectivity index (χ1n) is 5.89. The number of halogens is 2. The van der Waals surface area contributed by atoms with E-state index in [2.05, 4.69) is 0 Å². The first-order valence-corrected chi connectivity index (χ1v) is 5.89. The van der Waals surface area contributed by atoms with Crippen molar-refractivity contribution in [2.75, 3.05) is 0 Å². The number of aliphatic hydroxyl groups excluding tert-OH is 1. The van der Waals surface area contributed by atoms with E-state index >= 15 is 0 Å². The Hall–Kier alpha value is -1.94. The zero-order chi connectivity index (χ0) is 14.0. The summed E-state index contributed by atoms with van der Waals surface area (Å²) >= 11 is 0. The highest BCUT2D eigenvalue weighted by atomic mass is 19.1. The van der Waals surface area contributed by atoms with Crippen LogP contribution >= 0.6 is 0 Å². The van der Waals surface area contributed by atoms with Crippen molar-refractivity contribution >= 4 is 0 Å². The van der Waals surface area contributed by atoms with E-state index in [9.17, 15) is 13.9 Å². The second kappa shape index (κ2) is 5.36. The first kappa shape index (κ1) is 13.5.